The Morgan fingerprint density at radius 3 is 2.86 bits per heavy atom. The summed E-state index contributed by atoms with van der Waals surface area (Å²) in [4.78, 5) is 13.2. The predicted molar refractivity (Wildman–Crippen MR) is 87.7 cm³/mol. The second-order valence-electron chi connectivity index (χ2n) is 4.60. The molecule has 1 N–H and O–H groups in total. The highest BCUT2D eigenvalue weighted by Gasteiger charge is 2.09. The molecule has 0 unspecified atom stereocenters. The predicted octanol–water partition coefficient (Wildman–Crippen LogP) is 4.41. The molecule has 0 saturated heterocycles. The van der Waals surface area contributed by atoms with Gasteiger partial charge in [0.15, 0.2) is 0 Å². The number of aryl methyl sites for hydroxylation is 2. The number of nitrogens with one attached hydrogen (secondary N) is 1. The van der Waals surface area contributed by atoms with Gasteiger partial charge in [-0.05, 0) is 26.0 Å². The Balaban J connectivity index is 1.95. The third-order valence-corrected chi connectivity index (χ3v) is 4.21. The number of rotatable bonds is 3. The lowest BCUT2D eigenvalue weighted by Crippen LogP contribution is -1.97. The molecular weight excluding hydrogens is 304 g/mol. The first-order valence-corrected chi connectivity index (χ1v) is 7.61. The second-order valence-corrected chi connectivity index (χ2v) is 5.81. The molecule has 0 atom stereocenters. The van der Waals surface area contributed by atoms with Gasteiger partial charge in [0, 0.05) is 29.7 Å². The fraction of sp³-hybridized carbons (Fsp3) is 0.133. The van der Waals surface area contributed by atoms with Gasteiger partial charge in [-0.15, -0.1) is 0 Å². The van der Waals surface area contributed by atoms with Crippen molar-refractivity contribution in [2.45, 2.75) is 18.9 Å². The quantitative estimate of drug-likeness (QED) is 0.725. The molecule has 2 heterocycles. The van der Waals surface area contributed by atoms with Crippen molar-refractivity contribution in [3.8, 4) is 0 Å². The average Bonchev–Trinajstić information content (AvgIpc) is 2.49. The number of anilines is 1. The van der Waals surface area contributed by atoms with Gasteiger partial charge in [0.1, 0.15) is 5.03 Å². The van der Waals surface area contributed by atoms with Gasteiger partial charge < -0.3 is 4.72 Å². The summed E-state index contributed by atoms with van der Waals surface area (Å²) in [5, 5.41) is 2.50. The molecule has 0 saturated carbocycles. The first-order valence-electron chi connectivity index (χ1n) is 6.41. The van der Waals surface area contributed by atoms with Crippen molar-refractivity contribution in [2.24, 2.45) is 0 Å². The fourth-order valence-electron chi connectivity index (χ4n) is 1.93. The summed E-state index contributed by atoms with van der Waals surface area (Å²) in [6.07, 6.45) is 3.51. The smallest absolute Gasteiger partial charge is 0.138 e. The zero-order valence-corrected chi connectivity index (χ0v) is 13.2. The lowest BCUT2D eigenvalue weighted by Gasteiger charge is -2.11. The standard InChI is InChI=1S/C15H13ClN4S/c1-9-8-18-10(2)15(19-9)21-20-14-12(16)6-5-11-4-3-7-17-13(11)14/h3-8,20H,1-2H3. The van der Waals surface area contributed by atoms with Crippen LogP contribution in [0.2, 0.25) is 5.02 Å². The monoisotopic (exact) mass is 316 g/mol. The molecule has 0 radical (unpaired) electrons. The van der Waals surface area contributed by atoms with Gasteiger partial charge >= 0.3 is 0 Å². The van der Waals surface area contributed by atoms with Crippen LogP contribution in [0.5, 0.6) is 0 Å². The van der Waals surface area contributed by atoms with E-state index >= 15 is 0 Å². The second kappa shape index (κ2) is 5.87. The van der Waals surface area contributed by atoms with Crippen molar-refractivity contribution in [1.29, 1.82) is 0 Å². The topological polar surface area (TPSA) is 50.7 Å². The number of pyridine rings is 1. The average molecular weight is 317 g/mol. The van der Waals surface area contributed by atoms with Crippen LogP contribution in [0.25, 0.3) is 10.9 Å². The Labute approximate surface area is 132 Å². The van der Waals surface area contributed by atoms with E-state index in [0.717, 1.165) is 33.0 Å². The summed E-state index contributed by atoms with van der Waals surface area (Å²) in [5.41, 5.74) is 3.40. The highest BCUT2D eigenvalue weighted by atomic mass is 35.5. The molecule has 6 heteroatoms. The fourth-order valence-corrected chi connectivity index (χ4v) is 2.98. The van der Waals surface area contributed by atoms with E-state index in [1.807, 2.05) is 38.1 Å². The first-order chi connectivity index (χ1) is 10.1. The van der Waals surface area contributed by atoms with Crippen LogP contribution in [0.3, 0.4) is 0 Å². The maximum atomic E-state index is 6.29. The molecule has 4 nitrogen and oxygen atoms in total. The van der Waals surface area contributed by atoms with E-state index in [-0.39, 0.29) is 0 Å². The van der Waals surface area contributed by atoms with Gasteiger partial charge in [-0.1, -0.05) is 23.7 Å². The van der Waals surface area contributed by atoms with Crippen molar-refractivity contribution >= 4 is 40.1 Å². The van der Waals surface area contributed by atoms with Crippen molar-refractivity contribution in [3.63, 3.8) is 0 Å². The van der Waals surface area contributed by atoms with Gasteiger partial charge in [0.05, 0.1) is 27.6 Å². The Morgan fingerprint density at radius 2 is 2.00 bits per heavy atom. The summed E-state index contributed by atoms with van der Waals surface area (Å²) in [7, 11) is 0. The molecule has 0 spiro atoms. The molecule has 3 rings (SSSR count). The van der Waals surface area contributed by atoms with E-state index in [1.165, 1.54) is 11.9 Å². The van der Waals surface area contributed by atoms with Crippen LogP contribution in [0.15, 0.2) is 41.7 Å². The summed E-state index contributed by atoms with van der Waals surface area (Å²) in [6, 6.07) is 7.73. The third-order valence-electron chi connectivity index (χ3n) is 3.01. The molecular formula is C15H13ClN4S. The lowest BCUT2D eigenvalue weighted by molar-refractivity contribution is 0.948. The van der Waals surface area contributed by atoms with E-state index in [9.17, 15) is 0 Å². The zero-order chi connectivity index (χ0) is 14.8. The molecule has 21 heavy (non-hydrogen) atoms. The van der Waals surface area contributed by atoms with Gasteiger partial charge in [0.25, 0.3) is 0 Å². The number of nitrogens with zero attached hydrogens (tertiary/aromatic N) is 3. The highest BCUT2D eigenvalue weighted by molar-refractivity contribution is 8.00. The molecule has 3 aromatic rings. The first kappa shape index (κ1) is 14.1. The van der Waals surface area contributed by atoms with Crippen LogP contribution in [0.1, 0.15) is 11.4 Å². The summed E-state index contributed by atoms with van der Waals surface area (Å²) >= 11 is 7.68. The van der Waals surface area contributed by atoms with Gasteiger partial charge in [-0.2, -0.15) is 0 Å². The largest absolute Gasteiger partial charge is 0.321 e. The Morgan fingerprint density at radius 1 is 1.14 bits per heavy atom. The summed E-state index contributed by atoms with van der Waals surface area (Å²) < 4.78 is 3.26. The number of hydrogen-bond acceptors (Lipinski definition) is 5. The molecule has 0 aliphatic carbocycles. The Hall–Kier alpha value is -1.85. The molecule has 2 aromatic heterocycles. The van der Waals surface area contributed by atoms with Crippen LogP contribution >= 0.6 is 23.5 Å². The lowest BCUT2D eigenvalue weighted by atomic mass is 10.2. The SMILES string of the molecule is Cc1cnc(C)c(SNc2c(Cl)ccc3cccnc23)n1. The van der Waals surface area contributed by atoms with Crippen molar-refractivity contribution in [1.82, 2.24) is 15.0 Å². The number of fused-ring (bicyclic) bond motifs is 1. The highest BCUT2D eigenvalue weighted by Crippen LogP contribution is 2.33. The normalized spacial score (nSPS) is 10.8. The van der Waals surface area contributed by atoms with Crippen LogP contribution in [0, 0.1) is 13.8 Å². The van der Waals surface area contributed by atoms with Crippen molar-refractivity contribution in [2.75, 3.05) is 4.72 Å². The molecule has 106 valence electrons. The van der Waals surface area contributed by atoms with Gasteiger partial charge in [0.2, 0.25) is 0 Å². The van der Waals surface area contributed by atoms with E-state index in [2.05, 4.69) is 19.7 Å². The third kappa shape index (κ3) is 2.94. The van der Waals surface area contributed by atoms with E-state index in [4.69, 9.17) is 11.6 Å². The van der Waals surface area contributed by atoms with Gasteiger partial charge in [-0.25, -0.2) is 4.98 Å². The van der Waals surface area contributed by atoms with E-state index < -0.39 is 0 Å². The number of halogens is 1. The van der Waals surface area contributed by atoms with Crippen LogP contribution < -0.4 is 4.72 Å². The molecule has 0 aliphatic rings. The Kier molecular flexibility index (Phi) is 3.94. The molecule has 0 fully saturated rings. The summed E-state index contributed by atoms with van der Waals surface area (Å²) in [5.74, 6) is 0. The van der Waals surface area contributed by atoms with E-state index in [0.29, 0.717) is 5.02 Å². The minimum atomic E-state index is 0.631. The maximum absolute atomic E-state index is 6.29. The minimum absolute atomic E-state index is 0.631. The molecule has 0 amide bonds. The molecule has 1 aromatic carbocycles. The van der Waals surface area contributed by atoms with Crippen LogP contribution in [-0.4, -0.2) is 15.0 Å². The minimum Gasteiger partial charge on any atom is -0.321 e. The number of benzene rings is 1. The van der Waals surface area contributed by atoms with Crippen molar-refractivity contribution in [3.05, 3.63) is 53.1 Å². The molecule has 0 aliphatic heterocycles. The van der Waals surface area contributed by atoms with Crippen LogP contribution in [0.4, 0.5) is 5.69 Å². The zero-order valence-electron chi connectivity index (χ0n) is 11.6. The maximum Gasteiger partial charge on any atom is 0.138 e. The van der Waals surface area contributed by atoms with E-state index in [1.54, 1.807) is 12.4 Å². The molecule has 0 bridgehead atoms. The van der Waals surface area contributed by atoms with Gasteiger partial charge in [-0.3, -0.25) is 9.97 Å². The Bertz CT molecular complexity index is 807. The number of aromatic nitrogens is 3. The van der Waals surface area contributed by atoms with Crippen molar-refractivity contribution < 1.29 is 0 Å². The number of hydrogen-bond donors (Lipinski definition) is 1. The van der Waals surface area contributed by atoms with Crippen LogP contribution in [-0.2, 0) is 0 Å². The summed E-state index contributed by atoms with van der Waals surface area (Å²) in [6.45, 7) is 3.85.